The van der Waals surface area contributed by atoms with Crippen molar-refractivity contribution in [3.05, 3.63) is 47.6 Å². The van der Waals surface area contributed by atoms with Crippen molar-refractivity contribution >= 4 is 18.0 Å². The van der Waals surface area contributed by atoms with Gasteiger partial charge in [0.1, 0.15) is 5.75 Å². The Balaban J connectivity index is 3.03. The molecule has 0 radical (unpaired) electrons. The number of hydrogen-bond acceptors (Lipinski definition) is 4. The highest BCUT2D eigenvalue weighted by atomic mass is 16.5. The molecule has 5 heteroatoms. The maximum absolute atomic E-state index is 11.3. The average Bonchev–Trinajstić information content (AvgIpc) is 2.36. The zero-order valence-corrected chi connectivity index (χ0v) is 10.2. The summed E-state index contributed by atoms with van der Waals surface area (Å²) in [6.45, 7) is 4.96. The Morgan fingerprint density at radius 2 is 2.16 bits per heavy atom. The van der Waals surface area contributed by atoms with Crippen molar-refractivity contribution in [3.63, 3.8) is 0 Å². The summed E-state index contributed by atoms with van der Waals surface area (Å²) in [7, 11) is 0. The van der Waals surface area contributed by atoms with E-state index in [2.05, 4.69) is 6.58 Å². The van der Waals surface area contributed by atoms with Crippen LogP contribution in [0.5, 0.6) is 5.75 Å². The van der Waals surface area contributed by atoms with Crippen molar-refractivity contribution < 1.29 is 19.4 Å². The fourth-order valence-electron chi connectivity index (χ4n) is 1.20. The second kappa shape index (κ2) is 6.17. The van der Waals surface area contributed by atoms with Crippen molar-refractivity contribution in [1.82, 2.24) is 0 Å². The first-order valence-electron chi connectivity index (χ1n) is 5.27. The molecule has 0 aliphatic carbocycles. The molecule has 0 unspecified atom stereocenters. The van der Waals surface area contributed by atoms with Gasteiger partial charge in [0.25, 0.3) is 0 Å². The number of rotatable bonds is 4. The monoisotopic (exact) mass is 257 g/mol. The van der Waals surface area contributed by atoms with E-state index in [0.29, 0.717) is 5.56 Å². The molecular formula is C14H11NO4. The van der Waals surface area contributed by atoms with Crippen molar-refractivity contribution in [2.24, 2.45) is 0 Å². The van der Waals surface area contributed by atoms with Crippen LogP contribution in [0.1, 0.15) is 18.1 Å². The molecule has 96 valence electrons. The van der Waals surface area contributed by atoms with Gasteiger partial charge in [0.15, 0.2) is 0 Å². The number of carbonyl (C=O) groups excluding carboxylic acids is 1. The van der Waals surface area contributed by atoms with Gasteiger partial charge in [0.2, 0.25) is 0 Å². The molecule has 0 atom stereocenters. The molecular weight excluding hydrogens is 246 g/mol. The average molecular weight is 257 g/mol. The van der Waals surface area contributed by atoms with Crippen LogP contribution in [0, 0.1) is 11.3 Å². The lowest BCUT2D eigenvalue weighted by Crippen LogP contribution is -2.08. The largest absolute Gasteiger partial charge is 0.478 e. The SMILES string of the molecule is C=C(C)C(=O)Oc1ccc(/C=C/C(=O)O)c(C#N)c1. The lowest BCUT2D eigenvalue weighted by atomic mass is 10.1. The Morgan fingerprint density at radius 1 is 1.47 bits per heavy atom. The Labute approximate surface area is 110 Å². The highest BCUT2D eigenvalue weighted by molar-refractivity contribution is 5.89. The third-order valence-corrected chi connectivity index (χ3v) is 2.11. The number of hydrogen-bond donors (Lipinski definition) is 1. The predicted octanol–water partition coefficient (Wildman–Crippen LogP) is 2.14. The van der Waals surface area contributed by atoms with E-state index in [1.54, 1.807) is 0 Å². The van der Waals surface area contributed by atoms with Gasteiger partial charge in [0.05, 0.1) is 11.6 Å². The van der Waals surface area contributed by atoms with Gasteiger partial charge in [-0.1, -0.05) is 6.58 Å². The molecule has 0 aliphatic rings. The second-order valence-electron chi connectivity index (χ2n) is 3.70. The normalized spacial score (nSPS) is 9.89. The fraction of sp³-hybridized carbons (Fsp3) is 0.0714. The van der Waals surface area contributed by atoms with Gasteiger partial charge in [-0.05, 0) is 36.8 Å². The van der Waals surface area contributed by atoms with E-state index in [9.17, 15) is 9.59 Å². The van der Waals surface area contributed by atoms with Crippen molar-refractivity contribution in [2.75, 3.05) is 0 Å². The standard InChI is InChI=1S/C14H11NO4/c1-9(2)14(18)19-12-5-3-10(4-6-13(16)17)11(7-12)8-15/h3-7H,1H2,2H3,(H,16,17)/b6-4+. The summed E-state index contributed by atoms with van der Waals surface area (Å²) < 4.78 is 4.97. The topological polar surface area (TPSA) is 87.4 Å². The lowest BCUT2D eigenvalue weighted by molar-refractivity contribution is -0.131. The molecule has 0 amide bonds. The highest BCUT2D eigenvalue weighted by Gasteiger charge is 2.08. The molecule has 5 nitrogen and oxygen atoms in total. The van der Waals surface area contributed by atoms with Gasteiger partial charge in [-0.25, -0.2) is 9.59 Å². The van der Waals surface area contributed by atoms with Crippen LogP contribution in [-0.4, -0.2) is 17.0 Å². The van der Waals surface area contributed by atoms with Gasteiger partial charge in [0, 0.05) is 11.6 Å². The van der Waals surface area contributed by atoms with Gasteiger partial charge in [-0.2, -0.15) is 5.26 Å². The third kappa shape index (κ3) is 4.13. The van der Waals surface area contributed by atoms with E-state index in [4.69, 9.17) is 15.1 Å². The lowest BCUT2D eigenvalue weighted by Gasteiger charge is -2.05. The molecule has 1 rings (SSSR count). The smallest absolute Gasteiger partial charge is 0.338 e. The van der Waals surface area contributed by atoms with Crippen LogP contribution in [0.4, 0.5) is 0 Å². The summed E-state index contributed by atoms with van der Waals surface area (Å²) in [5, 5.41) is 17.5. The van der Waals surface area contributed by atoms with Gasteiger partial charge in [-0.3, -0.25) is 0 Å². The quantitative estimate of drug-likeness (QED) is 0.507. The minimum Gasteiger partial charge on any atom is -0.478 e. The number of carbonyl (C=O) groups is 2. The molecule has 0 aromatic heterocycles. The first kappa shape index (κ1) is 14.2. The Bertz CT molecular complexity index is 608. The minimum atomic E-state index is -1.11. The number of carboxylic acids is 1. The molecule has 0 spiro atoms. The highest BCUT2D eigenvalue weighted by Crippen LogP contribution is 2.19. The first-order valence-corrected chi connectivity index (χ1v) is 5.27. The van der Waals surface area contributed by atoms with Crippen LogP contribution in [0.15, 0.2) is 36.4 Å². The number of nitriles is 1. The zero-order chi connectivity index (χ0) is 14.4. The minimum absolute atomic E-state index is 0.206. The number of ether oxygens (including phenoxy) is 1. The van der Waals surface area contributed by atoms with Crippen LogP contribution in [0.3, 0.4) is 0 Å². The maximum atomic E-state index is 11.3. The van der Waals surface area contributed by atoms with Crippen molar-refractivity contribution in [1.29, 1.82) is 5.26 Å². The summed E-state index contributed by atoms with van der Waals surface area (Å²) in [6.07, 6.45) is 2.22. The third-order valence-electron chi connectivity index (χ3n) is 2.11. The second-order valence-corrected chi connectivity index (χ2v) is 3.70. The number of esters is 1. The summed E-state index contributed by atoms with van der Waals surface area (Å²) in [4.78, 5) is 21.7. The number of benzene rings is 1. The molecule has 0 saturated carbocycles. The summed E-state index contributed by atoms with van der Waals surface area (Å²) in [5.41, 5.74) is 0.887. The Morgan fingerprint density at radius 3 is 2.68 bits per heavy atom. The molecule has 19 heavy (non-hydrogen) atoms. The maximum Gasteiger partial charge on any atom is 0.338 e. The molecule has 0 aliphatic heterocycles. The van der Waals surface area contributed by atoms with E-state index in [0.717, 1.165) is 6.08 Å². The van der Waals surface area contributed by atoms with E-state index >= 15 is 0 Å². The van der Waals surface area contributed by atoms with Crippen LogP contribution in [0.2, 0.25) is 0 Å². The van der Waals surface area contributed by atoms with Gasteiger partial charge < -0.3 is 9.84 Å². The molecule has 0 fully saturated rings. The number of aliphatic carboxylic acids is 1. The van der Waals surface area contributed by atoms with Crippen LogP contribution >= 0.6 is 0 Å². The summed E-state index contributed by atoms with van der Waals surface area (Å²) in [6, 6.07) is 6.24. The number of nitrogens with zero attached hydrogens (tertiary/aromatic N) is 1. The Kier molecular flexibility index (Phi) is 4.61. The van der Waals surface area contributed by atoms with E-state index in [1.165, 1.54) is 31.2 Å². The molecule has 1 aromatic carbocycles. The van der Waals surface area contributed by atoms with Gasteiger partial charge in [-0.15, -0.1) is 0 Å². The molecule has 0 heterocycles. The van der Waals surface area contributed by atoms with Crippen LogP contribution in [0.25, 0.3) is 6.08 Å². The van der Waals surface area contributed by atoms with Crippen molar-refractivity contribution in [3.8, 4) is 11.8 Å². The summed E-state index contributed by atoms with van der Waals surface area (Å²) in [5.74, 6) is -1.49. The van der Waals surface area contributed by atoms with E-state index < -0.39 is 11.9 Å². The molecule has 1 aromatic rings. The van der Waals surface area contributed by atoms with Crippen molar-refractivity contribution in [2.45, 2.75) is 6.92 Å². The Hall–Kier alpha value is -2.87. The fourth-order valence-corrected chi connectivity index (χ4v) is 1.20. The molecule has 1 N–H and O–H groups in total. The van der Waals surface area contributed by atoms with Crippen LogP contribution in [-0.2, 0) is 9.59 Å². The summed E-state index contributed by atoms with van der Waals surface area (Å²) >= 11 is 0. The zero-order valence-electron chi connectivity index (χ0n) is 10.2. The predicted molar refractivity (Wildman–Crippen MR) is 68.3 cm³/mol. The van der Waals surface area contributed by atoms with Crippen LogP contribution < -0.4 is 4.74 Å². The van der Waals surface area contributed by atoms with E-state index in [-0.39, 0.29) is 16.9 Å². The van der Waals surface area contributed by atoms with E-state index in [1.807, 2.05) is 6.07 Å². The number of carboxylic acid groups (broad SMARTS) is 1. The molecule has 0 bridgehead atoms. The molecule has 0 saturated heterocycles. The van der Waals surface area contributed by atoms with Gasteiger partial charge >= 0.3 is 11.9 Å². The first-order chi connectivity index (χ1) is 8.93.